The molecule has 0 radical (unpaired) electrons. The second kappa shape index (κ2) is 6.51. The summed E-state index contributed by atoms with van der Waals surface area (Å²) in [4.78, 5) is 10.3. The van der Waals surface area contributed by atoms with Crippen LogP contribution in [-0.4, -0.2) is 9.91 Å². The highest BCUT2D eigenvalue weighted by molar-refractivity contribution is 7.81. The van der Waals surface area contributed by atoms with Crippen molar-refractivity contribution in [1.29, 1.82) is 0 Å². The van der Waals surface area contributed by atoms with E-state index in [1.54, 1.807) is 0 Å². The minimum Gasteiger partial charge on any atom is -0.346 e. The van der Waals surface area contributed by atoms with Crippen LogP contribution in [-0.2, 0) is 6.18 Å². The van der Waals surface area contributed by atoms with Crippen LogP contribution in [0, 0.1) is 10.1 Å². The van der Waals surface area contributed by atoms with Crippen LogP contribution in [0.15, 0.2) is 42.5 Å². The van der Waals surface area contributed by atoms with Gasteiger partial charge in [-0.1, -0.05) is 36.0 Å². The quantitative estimate of drug-likeness (QED) is 0.472. The topological polar surface area (TPSA) is 55.2 Å². The average molecular weight is 361 g/mol. The molecule has 0 amide bonds. The second-order valence-electron chi connectivity index (χ2n) is 4.45. The van der Waals surface area contributed by atoms with Gasteiger partial charge < -0.3 is 5.32 Å². The summed E-state index contributed by atoms with van der Waals surface area (Å²) < 4.78 is 37.5. The predicted octanol–water partition coefficient (Wildman–Crippen LogP) is 5.05. The summed E-state index contributed by atoms with van der Waals surface area (Å²) >= 11 is 10.8. The van der Waals surface area contributed by atoms with Gasteiger partial charge in [0, 0.05) is 17.3 Å². The van der Waals surface area contributed by atoms with Crippen LogP contribution in [0.4, 0.5) is 24.5 Å². The molecular formula is C14H8ClF3N2O2S. The van der Waals surface area contributed by atoms with Crippen LogP contribution < -0.4 is 5.32 Å². The van der Waals surface area contributed by atoms with Crippen LogP contribution in [0.3, 0.4) is 0 Å². The molecule has 1 N–H and O–H groups in total. The molecule has 0 saturated heterocycles. The van der Waals surface area contributed by atoms with Crippen molar-refractivity contribution in [1.82, 2.24) is 0 Å². The van der Waals surface area contributed by atoms with Gasteiger partial charge in [-0.2, -0.15) is 13.2 Å². The molecular weight excluding hydrogens is 353 g/mol. The van der Waals surface area contributed by atoms with E-state index in [0.29, 0.717) is 11.3 Å². The molecule has 0 unspecified atom stereocenters. The fraction of sp³-hybridized carbons (Fsp3) is 0.0714. The number of hydrogen-bond acceptors (Lipinski definition) is 3. The van der Waals surface area contributed by atoms with Crippen LogP contribution in [0.1, 0.15) is 11.1 Å². The number of hydrogen-bond donors (Lipinski definition) is 1. The smallest absolute Gasteiger partial charge is 0.346 e. The molecule has 2 aromatic carbocycles. The molecule has 2 rings (SSSR count). The number of alkyl halides is 3. The number of nitrogens with one attached hydrogen (secondary N) is 1. The largest absolute Gasteiger partial charge is 0.416 e. The lowest BCUT2D eigenvalue weighted by molar-refractivity contribution is -0.384. The van der Waals surface area contributed by atoms with Gasteiger partial charge in [0.05, 0.1) is 10.5 Å². The first kappa shape index (κ1) is 17.2. The number of rotatable bonds is 3. The number of nitrogens with zero attached hydrogens (tertiary/aromatic N) is 1. The second-order valence-corrected chi connectivity index (χ2v) is 5.27. The van der Waals surface area contributed by atoms with Gasteiger partial charge in [-0.25, -0.2) is 0 Å². The molecule has 0 heterocycles. The zero-order valence-electron chi connectivity index (χ0n) is 11.2. The van der Waals surface area contributed by atoms with Crippen LogP contribution in [0.2, 0.25) is 5.02 Å². The highest BCUT2D eigenvalue weighted by Gasteiger charge is 2.30. The molecule has 0 aromatic heterocycles. The van der Waals surface area contributed by atoms with E-state index in [-0.39, 0.29) is 15.7 Å². The van der Waals surface area contributed by atoms with Crippen LogP contribution >= 0.6 is 23.8 Å². The predicted molar refractivity (Wildman–Crippen MR) is 84.9 cm³/mol. The number of benzene rings is 2. The fourth-order valence-electron chi connectivity index (χ4n) is 1.74. The van der Waals surface area contributed by atoms with Gasteiger partial charge in [0.25, 0.3) is 5.69 Å². The lowest BCUT2D eigenvalue weighted by atomic mass is 10.1. The Kier molecular flexibility index (Phi) is 4.86. The van der Waals surface area contributed by atoms with Crippen molar-refractivity contribution in [2.75, 3.05) is 5.32 Å². The van der Waals surface area contributed by atoms with E-state index in [1.807, 2.05) is 0 Å². The Morgan fingerprint density at radius 1 is 1.17 bits per heavy atom. The Bertz CT molecular complexity index is 764. The van der Waals surface area contributed by atoms with E-state index >= 15 is 0 Å². The third-order valence-electron chi connectivity index (χ3n) is 2.88. The van der Waals surface area contributed by atoms with E-state index in [0.717, 1.165) is 12.1 Å². The van der Waals surface area contributed by atoms with Crippen molar-refractivity contribution in [3.63, 3.8) is 0 Å². The molecule has 0 fully saturated rings. The van der Waals surface area contributed by atoms with Gasteiger partial charge in [-0.05, 0) is 24.3 Å². The molecule has 120 valence electrons. The number of nitro benzene ring substituents is 1. The standard InChI is InChI=1S/C14H8ClF3N2O2S/c15-11-6-5-10(7-12(11)20(21)22)19-13(23)8-1-3-9(4-2-8)14(16,17)18/h1-7H,(H,19,23). The van der Waals surface area contributed by atoms with Gasteiger partial charge in [0.1, 0.15) is 10.0 Å². The summed E-state index contributed by atoms with van der Waals surface area (Å²) in [5.74, 6) is 0. The molecule has 0 atom stereocenters. The maximum atomic E-state index is 12.5. The van der Waals surface area contributed by atoms with E-state index in [4.69, 9.17) is 23.8 Å². The Labute approximate surface area is 139 Å². The Hall–Kier alpha value is -2.19. The van der Waals surface area contributed by atoms with E-state index in [1.165, 1.54) is 30.3 Å². The SMILES string of the molecule is O=[N+]([O-])c1cc(NC(=S)c2ccc(C(F)(F)F)cc2)ccc1Cl. The van der Waals surface area contributed by atoms with Crippen molar-refractivity contribution in [3.05, 3.63) is 68.7 Å². The number of thiocarbonyl (C=S) groups is 1. The van der Waals surface area contributed by atoms with Crippen molar-refractivity contribution in [3.8, 4) is 0 Å². The number of anilines is 1. The number of nitro groups is 1. The normalized spacial score (nSPS) is 11.1. The van der Waals surface area contributed by atoms with E-state index < -0.39 is 16.7 Å². The van der Waals surface area contributed by atoms with Gasteiger partial charge in [-0.3, -0.25) is 10.1 Å². The molecule has 0 bridgehead atoms. The van der Waals surface area contributed by atoms with Crippen molar-refractivity contribution in [2.45, 2.75) is 6.18 Å². The van der Waals surface area contributed by atoms with E-state index in [2.05, 4.69) is 5.32 Å². The first-order valence-electron chi connectivity index (χ1n) is 6.11. The Morgan fingerprint density at radius 2 is 1.78 bits per heavy atom. The summed E-state index contributed by atoms with van der Waals surface area (Å²) in [5.41, 5.74) is -0.422. The van der Waals surface area contributed by atoms with Crippen molar-refractivity contribution < 1.29 is 18.1 Å². The zero-order valence-corrected chi connectivity index (χ0v) is 12.8. The maximum Gasteiger partial charge on any atom is 0.416 e. The lowest BCUT2D eigenvalue weighted by Crippen LogP contribution is -2.12. The highest BCUT2D eigenvalue weighted by Crippen LogP contribution is 2.30. The van der Waals surface area contributed by atoms with Crippen molar-refractivity contribution in [2.24, 2.45) is 0 Å². The molecule has 0 spiro atoms. The summed E-state index contributed by atoms with van der Waals surface area (Å²) in [6, 6.07) is 8.27. The monoisotopic (exact) mass is 360 g/mol. The third-order valence-corrected chi connectivity index (χ3v) is 3.53. The highest BCUT2D eigenvalue weighted by atomic mass is 35.5. The van der Waals surface area contributed by atoms with Crippen LogP contribution in [0.25, 0.3) is 0 Å². The summed E-state index contributed by atoms with van der Waals surface area (Å²) in [5, 5.41) is 13.5. The summed E-state index contributed by atoms with van der Waals surface area (Å²) in [6.07, 6.45) is -4.43. The number of halogens is 4. The lowest BCUT2D eigenvalue weighted by Gasteiger charge is -2.10. The molecule has 0 aliphatic carbocycles. The van der Waals surface area contributed by atoms with Gasteiger partial charge in [-0.15, -0.1) is 0 Å². The van der Waals surface area contributed by atoms with Gasteiger partial charge in [0.15, 0.2) is 0 Å². The molecule has 0 saturated carbocycles. The fourth-order valence-corrected chi connectivity index (χ4v) is 2.18. The molecule has 23 heavy (non-hydrogen) atoms. The van der Waals surface area contributed by atoms with Crippen molar-refractivity contribution >= 4 is 40.2 Å². The minimum absolute atomic E-state index is 0.0269. The molecule has 2 aromatic rings. The molecule has 0 aliphatic rings. The zero-order chi connectivity index (χ0) is 17.2. The van der Waals surface area contributed by atoms with E-state index in [9.17, 15) is 23.3 Å². The average Bonchev–Trinajstić information content (AvgIpc) is 2.48. The first-order valence-corrected chi connectivity index (χ1v) is 6.89. The summed E-state index contributed by atoms with van der Waals surface area (Å²) in [7, 11) is 0. The first-order chi connectivity index (χ1) is 10.7. The molecule has 0 aliphatic heterocycles. The van der Waals surface area contributed by atoms with Gasteiger partial charge in [0.2, 0.25) is 0 Å². The Balaban J connectivity index is 2.19. The molecule has 4 nitrogen and oxygen atoms in total. The summed E-state index contributed by atoms with van der Waals surface area (Å²) in [6.45, 7) is 0. The Morgan fingerprint density at radius 3 is 2.30 bits per heavy atom. The van der Waals surface area contributed by atoms with Crippen LogP contribution in [0.5, 0.6) is 0 Å². The third kappa shape index (κ3) is 4.17. The molecule has 9 heteroatoms. The van der Waals surface area contributed by atoms with Gasteiger partial charge >= 0.3 is 6.18 Å². The maximum absolute atomic E-state index is 12.5. The minimum atomic E-state index is -4.43.